The fourth-order valence-electron chi connectivity index (χ4n) is 6.06. The second kappa shape index (κ2) is 7.48. The number of nitrogens with one attached hydrogen (secondary N) is 1. The summed E-state index contributed by atoms with van der Waals surface area (Å²) in [6, 6.07) is 17.1. The summed E-state index contributed by atoms with van der Waals surface area (Å²) >= 11 is 6.36. The summed E-state index contributed by atoms with van der Waals surface area (Å²) in [5.74, 6) is 4.76. The maximum atomic E-state index is 6.36. The molecule has 2 aromatic carbocycles. The van der Waals surface area contributed by atoms with Crippen LogP contribution in [0.25, 0.3) is 0 Å². The molecule has 2 bridgehead atoms. The Morgan fingerprint density at radius 1 is 0.926 bits per heavy atom. The lowest BCUT2D eigenvalue weighted by Crippen LogP contribution is -2.38. The molecule has 2 aromatic rings. The summed E-state index contributed by atoms with van der Waals surface area (Å²) in [5, 5.41) is 4.55. The Hall–Kier alpha value is -1.51. The Labute approximate surface area is 167 Å². The maximum absolute atomic E-state index is 6.36. The van der Waals surface area contributed by atoms with Gasteiger partial charge in [0.25, 0.3) is 0 Å². The first-order valence-electron chi connectivity index (χ1n) is 10.5. The summed E-state index contributed by atoms with van der Waals surface area (Å²) < 4.78 is 5.98. The number of benzene rings is 2. The van der Waals surface area contributed by atoms with Crippen LogP contribution < -0.4 is 10.1 Å². The van der Waals surface area contributed by atoms with Gasteiger partial charge in [-0.05, 0) is 72.6 Å². The van der Waals surface area contributed by atoms with Crippen LogP contribution in [-0.4, -0.2) is 6.04 Å². The smallest absolute Gasteiger partial charge is 0.138 e. The van der Waals surface area contributed by atoms with Gasteiger partial charge in [-0.1, -0.05) is 54.4 Å². The minimum Gasteiger partial charge on any atom is -0.487 e. The molecule has 3 saturated carbocycles. The molecule has 3 aliphatic rings. The third-order valence-corrected chi connectivity index (χ3v) is 7.54. The zero-order valence-corrected chi connectivity index (χ0v) is 16.5. The molecule has 0 aliphatic heterocycles. The van der Waals surface area contributed by atoms with Crippen LogP contribution in [0.3, 0.4) is 0 Å². The number of fused-ring (bicyclic) bond motifs is 5. The van der Waals surface area contributed by atoms with E-state index in [-0.39, 0.29) is 0 Å². The van der Waals surface area contributed by atoms with Gasteiger partial charge in [0.05, 0.1) is 5.02 Å². The van der Waals surface area contributed by atoms with E-state index in [1.807, 2.05) is 24.3 Å². The summed E-state index contributed by atoms with van der Waals surface area (Å²) in [5.41, 5.74) is 2.42. The summed E-state index contributed by atoms with van der Waals surface area (Å²) in [4.78, 5) is 0. The Balaban J connectivity index is 1.20. The molecule has 5 atom stereocenters. The van der Waals surface area contributed by atoms with Crippen molar-refractivity contribution < 1.29 is 4.74 Å². The average Bonchev–Trinajstić information content (AvgIpc) is 3.40. The van der Waals surface area contributed by atoms with Gasteiger partial charge in [0.2, 0.25) is 0 Å². The molecule has 142 valence electrons. The van der Waals surface area contributed by atoms with Gasteiger partial charge in [0.15, 0.2) is 0 Å². The molecule has 0 amide bonds. The standard InChI is InChI=1S/C24H28ClNO/c25-22-10-9-17(11-24(22)27-15-16-5-2-1-3-6-16)14-26-23-13-18-12-21(23)20-8-4-7-19(18)20/h1-3,5-6,9-11,18-21,23,26H,4,7-8,12-15H2. The first-order chi connectivity index (χ1) is 13.3. The number of halogens is 1. The van der Waals surface area contributed by atoms with Gasteiger partial charge in [-0.25, -0.2) is 0 Å². The number of rotatable bonds is 6. The molecule has 3 heteroatoms. The molecule has 0 saturated heterocycles. The average molecular weight is 382 g/mol. The van der Waals surface area contributed by atoms with E-state index in [9.17, 15) is 0 Å². The number of ether oxygens (including phenoxy) is 1. The van der Waals surface area contributed by atoms with Gasteiger partial charge in [0.1, 0.15) is 12.4 Å². The Morgan fingerprint density at radius 3 is 2.67 bits per heavy atom. The molecular formula is C24H28ClNO. The van der Waals surface area contributed by atoms with Gasteiger partial charge in [-0.15, -0.1) is 0 Å². The molecule has 1 N–H and O–H groups in total. The molecule has 5 rings (SSSR count). The van der Waals surface area contributed by atoms with Gasteiger partial charge < -0.3 is 10.1 Å². The second-order valence-electron chi connectivity index (χ2n) is 8.68. The molecule has 27 heavy (non-hydrogen) atoms. The second-order valence-corrected chi connectivity index (χ2v) is 9.09. The molecule has 2 nitrogen and oxygen atoms in total. The van der Waals surface area contributed by atoms with Gasteiger partial charge in [-0.2, -0.15) is 0 Å². The first kappa shape index (κ1) is 17.6. The van der Waals surface area contributed by atoms with Crippen LogP contribution in [0, 0.1) is 23.7 Å². The zero-order valence-electron chi connectivity index (χ0n) is 15.7. The third-order valence-electron chi connectivity index (χ3n) is 7.23. The summed E-state index contributed by atoms with van der Waals surface area (Å²) in [6.45, 7) is 1.46. The highest BCUT2D eigenvalue weighted by atomic mass is 35.5. The highest BCUT2D eigenvalue weighted by Gasteiger charge is 2.53. The highest BCUT2D eigenvalue weighted by Crippen LogP contribution is 2.58. The van der Waals surface area contributed by atoms with Crippen molar-refractivity contribution >= 4 is 11.6 Å². The third kappa shape index (κ3) is 3.50. The molecule has 0 heterocycles. The number of hydrogen-bond acceptors (Lipinski definition) is 2. The van der Waals surface area contributed by atoms with Crippen molar-refractivity contribution in [1.82, 2.24) is 5.32 Å². The van der Waals surface area contributed by atoms with Gasteiger partial charge in [0, 0.05) is 12.6 Å². The molecule has 3 aliphatic carbocycles. The summed E-state index contributed by atoms with van der Waals surface area (Å²) in [7, 11) is 0. The predicted octanol–water partition coefficient (Wildman–Crippen LogP) is 5.83. The topological polar surface area (TPSA) is 21.3 Å². The van der Waals surface area contributed by atoms with Crippen LogP contribution in [0.15, 0.2) is 48.5 Å². The molecule has 5 unspecified atom stereocenters. The van der Waals surface area contributed by atoms with E-state index in [1.54, 1.807) is 0 Å². The van der Waals surface area contributed by atoms with Gasteiger partial charge >= 0.3 is 0 Å². The number of hydrogen-bond donors (Lipinski definition) is 1. The lowest BCUT2D eigenvalue weighted by atomic mass is 9.79. The SMILES string of the molecule is Clc1ccc(CNC2CC3CC2C2CCCC32)cc1OCc1ccccc1. The van der Waals surface area contributed by atoms with Crippen molar-refractivity contribution in [3.05, 3.63) is 64.7 Å². The van der Waals surface area contributed by atoms with E-state index >= 15 is 0 Å². The monoisotopic (exact) mass is 381 g/mol. The van der Waals surface area contributed by atoms with E-state index < -0.39 is 0 Å². The Bertz CT molecular complexity index is 792. The van der Waals surface area contributed by atoms with Crippen molar-refractivity contribution in [2.24, 2.45) is 23.7 Å². The van der Waals surface area contributed by atoms with Crippen LogP contribution in [0.1, 0.15) is 43.2 Å². The van der Waals surface area contributed by atoms with E-state index in [1.165, 1.54) is 37.7 Å². The fourth-order valence-corrected chi connectivity index (χ4v) is 6.23. The van der Waals surface area contributed by atoms with E-state index in [0.717, 1.165) is 41.5 Å². The first-order valence-corrected chi connectivity index (χ1v) is 10.8. The zero-order chi connectivity index (χ0) is 18.2. The lowest BCUT2D eigenvalue weighted by molar-refractivity contribution is 0.208. The van der Waals surface area contributed by atoms with Crippen LogP contribution in [0.4, 0.5) is 0 Å². The Morgan fingerprint density at radius 2 is 1.78 bits per heavy atom. The van der Waals surface area contributed by atoms with Gasteiger partial charge in [-0.3, -0.25) is 0 Å². The molecule has 0 spiro atoms. The minimum absolute atomic E-state index is 0.549. The van der Waals surface area contributed by atoms with Crippen molar-refractivity contribution in [3.63, 3.8) is 0 Å². The summed E-state index contributed by atoms with van der Waals surface area (Å²) in [6.07, 6.45) is 7.30. The maximum Gasteiger partial charge on any atom is 0.138 e. The predicted molar refractivity (Wildman–Crippen MR) is 110 cm³/mol. The van der Waals surface area contributed by atoms with Crippen LogP contribution in [0.2, 0.25) is 5.02 Å². The van der Waals surface area contributed by atoms with E-state index in [4.69, 9.17) is 16.3 Å². The molecule has 0 radical (unpaired) electrons. The normalized spacial score (nSPS) is 31.2. The van der Waals surface area contributed by atoms with Crippen LogP contribution >= 0.6 is 11.6 Å². The van der Waals surface area contributed by atoms with E-state index in [2.05, 4.69) is 29.6 Å². The minimum atomic E-state index is 0.549. The van der Waals surface area contributed by atoms with Crippen LogP contribution in [0.5, 0.6) is 5.75 Å². The van der Waals surface area contributed by atoms with Crippen LogP contribution in [-0.2, 0) is 13.2 Å². The Kier molecular flexibility index (Phi) is 4.87. The quantitative estimate of drug-likeness (QED) is 0.679. The van der Waals surface area contributed by atoms with Crippen molar-refractivity contribution in [1.29, 1.82) is 0 Å². The fraction of sp³-hybridized carbons (Fsp3) is 0.500. The molecular weight excluding hydrogens is 354 g/mol. The highest BCUT2D eigenvalue weighted by molar-refractivity contribution is 6.32. The van der Waals surface area contributed by atoms with Crippen molar-refractivity contribution in [2.75, 3.05) is 0 Å². The molecule has 0 aromatic heterocycles. The lowest BCUT2D eigenvalue weighted by Gasteiger charge is -2.32. The van der Waals surface area contributed by atoms with Crippen molar-refractivity contribution in [3.8, 4) is 5.75 Å². The molecule has 3 fully saturated rings. The van der Waals surface area contributed by atoms with E-state index in [0.29, 0.717) is 17.7 Å². The van der Waals surface area contributed by atoms with Crippen molar-refractivity contribution in [2.45, 2.75) is 51.3 Å². The largest absolute Gasteiger partial charge is 0.487 e.